The predicted molar refractivity (Wildman–Crippen MR) is 132 cm³/mol. The third kappa shape index (κ3) is 6.91. The van der Waals surface area contributed by atoms with Crippen LogP contribution in [0.5, 0.6) is 5.75 Å². The van der Waals surface area contributed by atoms with Crippen LogP contribution >= 0.6 is 0 Å². The molecule has 1 saturated heterocycles. The molecular formula is C27H30N4O3. The molecule has 1 aliphatic rings. The van der Waals surface area contributed by atoms with Crippen molar-refractivity contribution in [2.45, 2.75) is 6.54 Å². The van der Waals surface area contributed by atoms with Crippen LogP contribution in [0.15, 0.2) is 84.9 Å². The van der Waals surface area contributed by atoms with E-state index in [4.69, 9.17) is 4.74 Å². The summed E-state index contributed by atoms with van der Waals surface area (Å²) in [5.74, 6) is -0.0398. The molecule has 0 bridgehead atoms. The molecular weight excluding hydrogens is 428 g/mol. The molecule has 176 valence electrons. The fraction of sp³-hybridized carbons (Fsp3) is 0.259. The number of piperazine rings is 1. The molecule has 7 nitrogen and oxygen atoms in total. The van der Waals surface area contributed by atoms with Crippen LogP contribution in [-0.4, -0.2) is 60.9 Å². The minimum absolute atomic E-state index is 0.192. The number of ether oxygens (including phenoxy) is 1. The van der Waals surface area contributed by atoms with Gasteiger partial charge in [0.2, 0.25) is 0 Å². The molecule has 0 spiro atoms. The normalized spacial score (nSPS) is 14.4. The number of para-hydroxylation sites is 1. The van der Waals surface area contributed by atoms with E-state index in [0.717, 1.165) is 43.9 Å². The molecule has 0 atom stereocenters. The molecule has 0 unspecified atom stereocenters. The predicted octanol–water partition coefficient (Wildman–Crippen LogP) is 2.70. The van der Waals surface area contributed by atoms with Gasteiger partial charge in [-0.1, -0.05) is 78.9 Å². The lowest BCUT2D eigenvalue weighted by Gasteiger charge is -2.34. The van der Waals surface area contributed by atoms with Crippen LogP contribution in [0.1, 0.15) is 5.56 Å². The van der Waals surface area contributed by atoms with Crippen LogP contribution in [0.3, 0.4) is 0 Å². The summed E-state index contributed by atoms with van der Waals surface area (Å²) in [6.07, 6.45) is 0. The maximum atomic E-state index is 12.3. The van der Waals surface area contributed by atoms with Gasteiger partial charge >= 0.3 is 0 Å². The van der Waals surface area contributed by atoms with Gasteiger partial charge in [0.15, 0.2) is 6.61 Å². The Labute approximate surface area is 200 Å². The van der Waals surface area contributed by atoms with Gasteiger partial charge in [0.05, 0.1) is 6.54 Å². The second kappa shape index (κ2) is 12.0. The van der Waals surface area contributed by atoms with E-state index in [0.29, 0.717) is 5.75 Å². The maximum absolute atomic E-state index is 12.3. The number of carbonyl (C=O) groups is 2. The van der Waals surface area contributed by atoms with E-state index in [1.54, 1.807) is 0 Å². The maximum Gasteiger partial charge on any atom is 0.276 e. The summed E-state index contributed by atoms with van der Waals surface area (Å²) in [7, 11) is 0. The average molecular weight is 459 g/mol. The Morgan fingerprint density at radius 2 is 1.29 bits per heavy atom. The van der Waals surface area contributed by atoms with E-state index in [2.05, 4.69) is 44.9 Å². The molecule has 4 rings (SSSR count). The van der Waals surface area contributed by atoms with Crippen molar-refractivity contribution in [1.29, 1.82) is 0 Å². The summed E-state index contributed by atoms with van der Waals surface area (Å²) in [5.41, 5.74) is 8.15. The second-order valence-corrected chi connectivity index (χ2v) is 8.29. The summed E-state index contributed by atoms with van der Waals surface area (Å²) >= 11 is 0. The first kappa shape index (κ1) is 23.5. The molecule has 3 aromatic carbocycles. The Morgan fingerprint density at radius 3 is 2.03 bits per heavy atom. The molecule has 2 N–H and O–H groups in total. The Balaban J connectivity index is 1.16. The third-order valence-electron chi connectivity index (χ3n) is 5.75. The highest BCUT2D eigenvalue weighted by molar-refractivity contribution is 5.84. The highest BCUT2D eigenvalue weighted by Gasteiger charge is 2.19. The first-order chi connectivity index (χ1) is 16.7. The van der Waals surface area contributed by atoms with Gasteiger partial charge in [0.25, 0.3) is 11.8 Å². The quantitative estimate of drug-likeness (QED) is 0.508. The van der Waals surface area contributed by atoms with Crippen molar-refractivity contribution in [1.82, 2.24) is 20.7 Å². The fourth-order valence-electron chi connectivity index (χ4n) is 3.96. The molecule has 0 aliphatic carbocycles. The molecule has 0 saturated carbocycles. The number of nitrogens with zero attached hydrogens (tertiary/aromatic N) is 2. The number of hydrogen-bond donors (Lipinski definition) is 2. The van der Waals surface area contributed by atoms with Gasteiger partial charge in [0.1, 0.15) is 5.75 Å². The molecule has 1 heterocycles. The molecule has 2 amide bonds. The van der Waals surface area contributed by atoms with Gasteiger partial charge in [-0.3, -0.25) is 30.2 Å². The number of rotatable bonds is 8. The van der Waals surface area contributed by atoms with Gasteiger partial charge in [-0.25, -0.2) is 0 Å². The fourth-order valence-corrected chi connectivity index (χ4v) is 3.96. The van der Waals surface area contributed by atoms with E-state index in [1.807, 2.05) is 60.7 Å². The van der Waals surface area contributed by atoms with Crippen molar-refractivity contribution >= 4 is 11.8 Å². The van der Waals surface area contributed by atoms with Crippen molar-refractivity contribution in [2.24, 2.45) is 0 Å². The zero-order valence-corrected chi connectivity index (χ0v) is 19.2. The van der Waals surface area contributed by atoms with Gasteiger partial charge in [0, 0.05) is 38.3 Å². The second-order valence-electron chi connectivity index (χ2n) is 8.29. The summed E-state index contributed by atoms with van der Waals surface area (Å²) < 4.78 is 5.72. The Kier molecular flexibility index (Phi) is 8.27. The van der Waals surface area contributed by atoms with E-state index >= 15 is 0 Å². The smallest absolute Gasteiger partial charge is 0.276 e. The number of amides is 2. The Hall–Kier alpha value is -3.68. The van der Waals surface area contributed by atoms with Crippen molar-refractivity contribution in [3.8, 4) is 16.9 Å². The Bertz CT molecular complexity index is 1070. The van der Waals surface area contributed by atoms with Crippen molar-refractivity contribution in [3.05, 3.63) is 90.5 Å². The molecule has 1 fully saturated rings. The topological polar surface area (TPSA) is 73.9 Å². The average Bonchev–Trinajstić information content (AvgIpc) is 2.89. The highest BCUT2D eigenvalue weighted by Crippen LogP contribution is 2.29. The van der Waals surface area contributed by atoms with Gasteiger partial charge in [-0.05, 0) is 17.2 Å². The number of carbonyl (C=O) groups excluding carboxylic acids is 2. The van der Waals surface area contributed by atoms with Crippen molar-refractivity contribution in [2.75, 3.05) is 39.3 Å². The van der Waals surface area contributed by atoms with E-state index < -0.39 is 5.91 Å². The summed E-state index contributed by atoms with van der Waals surface area (Å²) in [5, 5.41) is 0. The standard InChI is InChI=1S/C27H30N4O3/c32-26(20-31-17-15-30(16-18-31)19-22-9-3-1-4-10-22)28-29-27(33)21-34-25-14-8-7-13-24(25)23-11-5-2-6-12-23/h1-14H,15-21H2,(H,28,32)(H,29,33). The van der Waals surface area contributed by atoms with Crippen LogP contribution in [0.2, 0.25) is 0 Å². The molecule has 0 aromatic heterocycles. The van der Waals surface area contributed by atoms with Crippen LogP contribution in [0.4, 0.5) is 0 Å². The van der Waals surface area contributed by atoms with E-state index in [1.165, 1.54) is 5.56 Å². The van der Waals surface area contributed by atoms with Gasteiger partial charge in [-0.15, -0.1) is 0 Å². The number of benzene rings is 3. The molecule has 34 heavy (non-hydrogen) atoms. The zero-order chi connectivity index (χ0) is 23.6. The van der Waals surface area contributed by atoms with Gasteiger partial charge < -0.3 is 4.74 Å². The van der Waals surface area contributed by atoms with Crippen LogP contribution < -0.4 is 15.6 Å². The molecule has 3 aromatic rings. The lowest BCUT2D eigenvalue weighted by atomic mass is 10.1. The minimum Gasteiger partial charge on any atom is -0.483 e. The first-order valence-corrected chi connectivity index (χ1v) is 11.5. The van der Waals surface area contributed by atoms with Crippen LogP contribution in [0.25, 0.3) is 11.1 Å². The van der Waals surface area contributed by atoms with Crippen molar-refractivity contribution in [3.63, 3.8) is 0 Å². The van der Waals surface area contributed by atoms with E-state index in [9.17, 15) is 9.59 Å². The molecule has 0 radical (unpaired) electrons. The zero-order valence-electron chi connectivity index (χ0n) is 19.2. The lowest BCUT2D eigenvalue weighted by Crippen LogP contribution is -2.52. The minimum atomic E-state index is -0.413. The third-order valence-corrected chi connectivity index (χ3v) is 5.75. The van der Waals surface area contributed by atoms with Crippen LogP contribution in [0, 0.1) is 0 Å². The highest BCUT2D eigenvalue weighted by atomic mass is 16.5. The summed E-state index contributed by atoms with van der Waals surface area (Å²) in [4.78, 5) is 29.0. The largest absolute Gasteiger partial charge is 0.483 e. The van der Waals surface area contributed by atoms with Crippen LogP contribution in [-0.2, 0) is 16.1 Å². The molecule has 1 aliphatic heterocycles. The van der Waals surface area contributed by atoms with Crippen molar-refractivity contribution < 1.29 is 14.3 Å². The monoisotopic (exact) mass is 458 g/mol. The SMILES string of the molecule is O=C(COc1ccccc1-c1ccccc1)NNC(=O)CN1CCN(Cc2ccccc2)CC1. The molecule has 7 heteroatoms. The van der Waals surface area contributed by atoms with Gasteiger partial charge in [-0.2, -0.15) is 0 Å². The summed E-state index contributed by atoms with van der Waals surface area (Å²) in [6.45, 7) is 4.41. The number of nitrogens with one attached hydrogen (secondary N) is 2. The summed E-state index contributed by atoms with van der Waals surface area (Å²) in [6, 6.07) is 27.8. The first-order valence-electron chi connectivity index (χ1n) is 11.5. The number of hydrogen-bond acceptors (Lipinski definition) is 5. The lowest BCUT2D eigenvalue weighted by molar-refractivity contribution is -0.130. The van der Waals surface area contributed by atoms with E-state index in [-0.39, 0.29) is 19.1 Å². The Morgan fingerprint density at radius 1 is 0.706 bits per heavy atom. The number of hydrazine groups is 1.